The van der Waals surface area contributed by atoms with Gasteiger partial charge in [0.05, 0.1) is 18.0 Å². The molecule has 134 valence electrons. The molecular weight excluding hydrogens is 334 g/mol. The maximum atomic E-state index is 12.5. The molecule has 3 aromatic rings. The lowest BCUT2D eigenvalue weighted by atomic mass is 9.99. The summed E-state index contributed by atoms with van der Waals surface area (Å²) in [6.45, 7) is 2.56. The standard InChI is InChI=1S/C24H21NO2/c1-2-27-21-13-11-19(12-14-21)24(26)15-17-7-9-18(10-8-17)23-16-20-5-3-4-6-22(20)25-23/h3-14H,2,15-16H2,1H3. The number of ether oxygens (including phenoxy) is 1. The van der Waals surface area contributed by atoms with Gasteiger partial charge >= 0.3 is 0 Å². The Labute approximate surface area is 159 Å². The van der Waals surface area contributed by atoms with Crippen LogP contribution < -0.4 is 4.74 Å². The first-order valence-electron chi connectivity index (χ1n) is 9.24. The van der Waals surface area contributed by atoms with Gasteiger partial charge in [0.15, 0.2) is 5.78 Å². The Morgan fingerprint density at radius 2 is 1.70 bits per heavy atom. The lowest BCUT2D eigenvalue weighted by molar-refractivity contribution is 0.0993. The van der Waals surface area contributed by atoms with E-state index in [-0.39, 0.29) is 5.78 Å². The Morgan fingerprint density at radius 1 is 0.963 bits per heavy atom. The van der Waals surface area contributed by atoms with E-state index in [1.54, 1.807) is 0 Å². The molecule has 0 radical (unpaired) electrons. The topological polar surface area (TPSA) is 38.7 Å². The average Bonchev–Trinajstić information content (AvgIpc) is 3.13. The fourth-order valence-electron chi connectivity index (χ4n) is 3.31. The van der Waals surface area contributed by atoms with Gasteiger partial charge < -0.3 is 4.74 Å². The molecule has 1 aliphatic rings. The normalized spacial score (nSPS) is 12.4. The molecular formula is C24H21NO2. The maximum absolute atomic E-state index is 12.5. The SMILES string of the molecule is CCOc1ccc(C(=O)Cc2ccc(C3=Nc4ccccc4C3)cc2)cc1. The van der Waals surface area contributed by atoms with Crippen molar-refractivity contribution in [1.82, 2.24) is 0 Å². The molecule has 0 N–H and O–H groups in total. The van der Waals surface area contributed by atoms with Crippen LogP contribution in [0.25, 0.3) is 0 Å². The molecule has 0 bridgehead atoms. The number of aliphatic imine (C=N–C) groups is 1. The van der Waals surface area contributed by atoms with Crippen molar-refractivity contribution in [2.24, 2.45) is 4.99 Å². The molecule has 0 amide bonds. The lowest BCUT2D eigenvalue weighted by Crippen LogP contribution is -2.05. The van der Waals surface area contributed by atoms with Gasteiger partial charge in [0.2, 0.25) is 0 Å². The largest absolute Gasteiger partial charge is 0.494 e. The van der Waals surface area contributed by atoms with Crippen LogP contribution in [-0.2, 0) is 12.8 Å². The smallest absolute Gasteiger partial charge is 0.167 e. The number of carbonyl (C=O) groups excluding carboxylic acids is 1. The van der Waals surface area contributed by atoms with Crippen LogP contribution in [0.1, 0.15) is 34.0 Å². The van der Waals surface area contributed by atoms with Crippen molar-refractivity contribution in [3.63, 3.8) is 0 Å². The second-order valence-corrected chi connectivity index (χ2v) is 6.62. The van der Waals surface area contributed by atoms with E-state index in [1.807, 2.05) is 61.5 Å². The predicted octanol–water partition coefficient (Wildman–Crippen LogP) is 5.19. The minimum absolute atomic E-state index is 0.108. The van der Waals surface area contributed by atoms with E-state index in [1.165, 1.54) is 5.56 Å². The third kappa shape index (κ3) is 3.82. The number of benzene rings is 3. The van der Waals surface area contributed by atoms with Crippen molar-refractivity contribution in [3.05, 3.63) is 95.1 Å². The fourth-order valence-corrected chi connectivity index (χ4v) is 3.31. The number of carbonyl (C=O) groups is 1. The summed E-state index contributed by atoms with van der Waals surface area (Å²) in [6.07, 6.45) is 1.25. The Morgan fingerprint density at radius 3 is 2.41 bits per heavy atom. The van der Waals surface area contributed by atoms with E-state index >= 15 is 0 Å². The summed E-state index contributed by atoms with van der Waals surface area (Å²) in [5, 5.41) is 0. The molecule has 0 spiro atoms. The van der Waals surface area contributed by atoms with Crippen LogP contribution in [0.3, 0.4) is 0 Å². The molecule has 27 heavy (non-hydrogen) atoms. The molecule has 3 aromatic carbocycles. The first-order valence-corrected chi connectivity index (χ1v) is 9.24. The van der Waals surface area contributed by atoms with Gasteiger partial charge in [-0.2, -0.15) is 0 Å². The molecule has 0 atom stereocenters. The van der Waals surface area contributed by atoms with Crippen LogP contribution in [0.15, 0.2) is 77.8 Å². The number of hydrogen-bond donors (Lipinski definition) is 0. The van der Waals surface area contributed by atoms with E-state index < -0.39 is 0 Å². The first-order chi connectivity index (χ1) is 13.2. The van der Waals surface area contributed by atoms with Crippen LogP contribution in [0.5, 0.6) is 5.75 Å². The summed E-state index contributed by atoms with van der Waals surface area (Å²) in [4.78, 5) is 17.2. The minimum atomic E-state index is 0.108. The van der Waals surface area contributed by atoms with Gasteiger partial charge in [-0.25, -0.2) is 0 Å². The van der Waals surface area contributed by atoms with E-state index in [0.717, 1.165) is 34.7 Å². The van der Waals surface area contributed by atoms with Gasteiger partial charge in [0.1, 0.15) is 5.75 Å². The van der Waals surface area contributed by atoms with E-state index in [2.05, 4.69) is 18.2 Å². The van der Waals surface area contributed by atoms with Crippen molar-refractivity contribution < 1.29 is 9.53 Å². The monoisotopic (exact) mass is 355 g/mol. The zero-order chi connectivity index (χ0) is 18.6. The second kappa shape index (κ2) is 7.58. The first kappa shape index (κ1) is 17.2. The third-order valence-corrected chi connectivity index (χ3v) is 4.74. The molecule has 0 saturated carbocycles. The summed E-state index contributed by atoms with van der Waals surface area (Å²) in [5.41, 5.74) is 6.24. The van der Waals surface area contributed by atoms with Gasteiger partial charge in [-0.1, -0.05) is 42.5 Å². The molecule has 0 saturated heterocycles. The summed E-state index contributed by atoms with van der Waals surface area (Å²) >= 11 is 0. The van der Waals surface area contributed by atoms with E-state index in [4.69, 9.17) is 9.73 Å². The highest BCUT2D eigenvalue weighted by atomic mass is 16.5. The van der Waals surface area contributed by atoms with Crippen LogP contribution >= 0.6 is 0 Å². The molecule has 0 fully saturated rings. The van der Waals surface area contributed by atoms with Crippen LogP contribution in [0, 0.1) is 0 Å². The van der Waals surface area contributed by atoms with Gasteiger partial charge in [-0.3, -0.25) is 9.79 Å². The molecule has 0 aliphatic carbocycles. The summed E-state index contributed by atoms with van der Waals surface area (Å²) < 4.78 is 5.42. The molecule has 1 aliphatic heterocycles. The van der Waals surface area contributed by atoms with Crippen molar-refractivity contribution in [2.45, 2.75) is 19.8 Å². The molecule has 4 rings (SSSR count). The average molecular weight is 355 g/mol. The predicted molar refractivity (Wildman–Crippen MR) is 108 cm³/mol. The van der Waals surface area contributed by atoms with Crippen LogP contribution in [0.4, 0.5) is 5.69 Å². The highest BCUT2D eigenvalue weighted by Gasteiger charge is 2.15. The number of ketones is 1. The van der Waals surface area contributed by atoms with E-state index in [9.17, 15) is 4.79 Å². The highest BCUT2D eigenvalue weighted by molar-refractivity contribution is 6.06. The minimum Gasteiger partial charge on any atom is -0.494 e. The summed E-state index contributed by atoms with van der Waals surface area (Å²) in [7, 11) is 0. The van der Waals surface area contributed by atoms with Crippen LogP contribution in [-0.4, -0.2) is 18.1 Å². The Bertz CT molecular complexity index is 986. The molecule has 3 nitrogen and oxygen atoms in total. The lowest BCUT2D eigenvalue weighted by Gasteiger charge is -2.06. The van der Waals surface area contributed by atoms with Gasteiger partial charge in [0, 0.05) is 18.4 Å². The van der Waals surface area contributed by atoms with Crippen molar-refractivity contribution in [2.75, 3.05) is 6.61 Å². The number of nitrogens with zero attached hydrogens (tertiary/aromatic N) is 1. The fraction of sp³-hybridized carbons (Fsp3) is 0.167. The van der Waals surface area contributed by atoms with Crippen molar-refractivity contribution in [1.29, 1.82) is 0 Å². The van der Waals surface area contributed by atoms with Gasteiger partial charge in [-0.15, -0.1) is 0 Å². The van der Waals surface area contributed by atoms with Crippen LogP contribution in [0.2, 0.25) is 0 Å². The van der Waals surface area contributed by atoms with Gasteiger partial charge in [0.25, 0.3) is 0 Å². The zero-order valence-corrected chi connectivity index (χ0v) is 15.3. The maximum Gasteiger partial charge on any atom is 0.167 e. The van der Waals surface area contributed by atoms with Crippen molar-refractivity contribution >= 4 is 17.2 Å². The second-order valence-electron chi connectivity index (χ2n) is 6.62. The number of fused-ring (bicyclic) bond motifs is 1. The zero-order valence-electron chi connectivity index (χ0n) is 15.3. The van der Waals surface area contributed by atoms with E-state index in [0.29, 0.717) is 18.6 Å². The number of rotatable bonds is 6. The summed E-state index contributed by atoms with van der Waals surface area (Å²) in [5.74, 6) is 0.896. The molecule has 0 aromatic heterocycles. The summed E-state index contributed by atoms with van der Waals surface area (Å²) in [6, 6.07) is 23.7. The Balaban J connectivity index is 1.43. The number of hydrogen-bond acceptors (Lipinski definition) is 3. The third-order valence-electron chi connectivity index (χ3n) is 4.74. The van der Waals surface area contributed by atoms with Gasteiger partial charge in [-0.05, 0) is 53.9 Å². The quantitative estimate of drug-likeness (QED) is 0.571. The molecule has 1 heterocycles. The molecule has 3 heteroatoms. The van der Waals surface area contributed by atoms with Crippen molar-refractivity contribution in [3.8, 4) is 5.75 Å². The Kier molecular flexibility index (Phi) is 4.84. The number of Topliss-reactive ketones (excluding diaryl/α,β-unsaturated/α-hetero) is 1. The number of para-hydroxylation sites is 1. The highest BCUT2D eigenvalue weighted by Crippen LogP contribution is 2.28. The Hall–Kier alpha value is -3.20. The molecule has 0 unspecified atom stereocenters.